The molecule has 2 heteroatoms. The van der Waals surface area contributed by atoms with E-state index in [0.29, 0.717) is 6.04 Å². The number of piperidine rings is 1. The number of hydrogen-bond donors (Lipinski definition) is 1. The SMILES string of the molecule is CCCCCC1CCCN(C[C@@H]2CCCC[C@H]2N)C1. The molecule has 112 valence electrons. The van der Waals surface area contributed by atoms with E-state index in [1.165, 1.54) is 83.8 Å². The van der Waals surface area contributed by atoms with Crippen LogP contribution in [0, 0.1) is 11.8 Å². The van der Waals surface area contributed by atoms with Gasteiger partial charge < -0.3 is 10.6 Å². The van der Waals surface area contributed by atoms with E-state index in [9.17, 15) is 0 Å². The van der Waals surface area contributed by atoms with Crippen molar-refractivity contribution in [2.45, 2.75) is 77.2 Å². The summed E-state index contributed by atoms with van der Waals surface area (Å²) in [7, 11) is 0. The topological polar surface area (TPSA) is 29.3 Å². The molecule has 1 heterocycles. The summed E-state index contributed by atoms with van der Waals surface area (Å²) in [6.07, 6.45) is 14.0. The predicted molar refractivity (Wildman–Crippen MR) is 83.2 cm³/mol. The fraction of sp³-hybridized carbons (Fsp3) is 1.00. The van der Waals surface area contributed by atoms with Crippen molar-refractivity contribution in [3.63, 3.8) is 0 Å². The molecular formula is C17H34N2. The highest BCUT2D eigenvalue weighted by atomic mass is 15.1. The van der Waals surface area contributed by atoms with Crippen molar-refractivity contribution in [1.29, 1.82) is 0 Å². The average Bonchev–Trinajstić information content (AvgIpc) is 2.42. The van der Waals surface area contributed by atoms with Gasteiger partial charge in [0.2, 0.25) is 0 Å². The molecule has 0 aromatic rings. The Labute approximate surface area is 120 Å². The van der Waals surface area contributed by atoms with Crippen LogP contribution in [-0.4, -0.2) is 30.6 Å². The van der Waals surface area contributed by atoms with E-state index in [2.05, 4.69) is 11.8 Å². The molecule has 2 rings (SSSR count). The largest absolute Gasteiger partial charge is 0.327 e. The standard InChI is InChI=1S/C17H34N2/c1-2-3-4-8-15-9-7-12-19(13-15)14-16-10-5-6-11-17(16)18/h15-17H,2-14,18H2,1H3/t15?,16-,17+/m0/s1. The van der Waals surface area contributed by atoms with Crippen LogP contribution in [0.25, 0.3) is 0 Å². The summed E-state index contributed by atoms with van der Waals surface area (Å²) in [4.78, 5) is 2.73. The van der Waals surface area contributed by atoms with E-state index >= 15 is 0 Å². The van der Waals surface area contributed by atoms with Gasteiger partial charge in [-0.25, -0.2) is 0 Å². The van der Waals surface area contributed by atoms with Crippen LogP contribution in [0.15, 0.2) is 0 Å². The first kappa shape index (κ1) is 15.3. The maximum atomic E-state index is 6.30. The molecule has 3 atom stereocenters. The van der Waals surface area contributed by atoms with Gasteiger partial charge >= 0.3 is 0 Å². The fourth-order valence-corrected chi connectivity index (χ4v) is 4.03. The van der Waals surface area contributed by atoms with Gasteiger partial charge in [0.05, 0.1) is 0 Å². The Hall–Kier alpha value is -0.0800. The van der Waals surface area contributed by atoms with Crippen molar-refractivity contribution < 1.29 is 0 Å². The van der Waals surface area contributed by atoms with Gasteiger partial charge in [0.15, 0.2) is 0 Å². The van der Waals surface area contributed by atoms with Gasteiger partial charge in [0.1, 0.15) is 0 Å². The minimum absolute atomic E-state index is 0.481. The smallest absolute Gasteiger partial charge is 0.00793 e. The second kappa shape index (κ2) is 8.26. The Kier molecular flexibility index (Phi) is 6.66. The van der Waals surface area contributed by atoms with Gasteiger partial charge in [-0.05, 0) is 50.5 Å². The molecule has 2 aliphatic rings. The van der Waals surface area contributed by atoms with Crippen LogP contribution in [0.5, 0.6) is 0 Å². The zero-order valence-electron chi connectivity index (χ0n) is 12.9. The van der Waals surface area contributed by atoms with Crippen molar-refractivity contribution >= 4 is 0 Å². The molecule has 1 saturated carbocycles. The fourth-order valence-electron chi connectivity index (χ4n) is 4.03. The minimum atomic E-state index is 0.481. The normalized spacial score (nSPS) is 33.5. The Morgan fingerprint density at radius 2 is 1.89 bits per heavy atom. The molecule has 0 bridgehead atoms. The van der Waals surface area contributed by atoms with Crippen molar-refractivity contribution in [1.82, 2.24) is 4.90 Å². The molecule has 19 heavy (non-hydrogen) atoms. The maximum absolute atomic E-state index is 6.30. The highest BCUT2D eigenvalue weighted by molar-refractivity contribution is 4.82. The van der Waals surface area contributed by atoms with Crippen LogP contribution in [0.4, 0.5) is 0 Å². The quantitative estimate of drug-likeness (QED) is 0.741. The third-order valence-electron chi connectivity index (χ3n) is 5.28. The summed E-state index contributed by atoms with van der Waals surface area (Å²) >= 11 is 0. The number of nitrogens with zero attached hydrogens (tertiary/aromatic N) is 1. The molecule has 1 unspecified atom stereocenters. The molecule has 1 aliphatic carbocycles. The van der Waals surface area contributed by atoms with Crippen LogP contribution >= 0.6 is 0 Å². The van der Waals surface area contributed by atoms with Crippen molar-refractivity contribution in [2.24, 2.45) is 17.6 Å². The molecule has 0 spiro atoms. The van der Waals surface area contributed by atoms with Gasteiger partial charge in [0, 0.05) is 19.1 Å². The zero-order chi connectivity index (χ0) is 13.5. The molecule has 0 aromatic carbocycles. The Morgan fingerprint density at radius 1 is 1.05 bits per heavy atom. The number of hydrogen-bond acceptors (Lipinski definition) is 2. The first-order valence-electron chi connectivity index (χ1n) is 8.77. The average molecular weight is 266 g/mol. The van der Waals surface area contributed by atoms with Crippen molar-refractivity contribution in [3.05, 3.63) is 0 Å². The summed E-state index contributed by atoms with van der Waals surface area (Å²) in [5.74, 6) is 1.75. The summed E-state index contributed by atoms with van der Waals surface area (Å²) in [5.41, 5.74) is 6.30. The lowest BCUT2D eigenvalue weighted by Gasteiger charge is -2.38. The van der Waals surface area contributed by atoms with Crippen LogP contribution in [-0.2, 0) is 0 Å². The lowest BCUT2D eigenvalue weighted by atomic mass is 9.84. The van der Waals surface area contributed by atoms with Gasteiger partial charge in [0.25, 0.3) is 0 Å². The molecular weight excluding hydrogens is 232 g/mol. The van der Waals surface area contributed by atoms with E-state index in [1.807, 2.05) is 0 Å². The van der Waals surface area contributed by atoms with Crippen LogP contribution in [0.1, 0.15) is 71.1 Å². The van der Waals surface area contributed by atoms with E-state index in [0.717, 1.165) is 11.8 Å². The van der Waals surface area contributed by atoms with Crippen LogP contribution in [0.2, 0.25) is 0 Å². The van der Waals surface area contributed by atoms with Crippen LogP contribution in [0.3, 0.4) is 0 Å². The number of nitrogens with two attached hydrogens (primary N) is 1. The summed E-state index contributed by atoms with van der Waals surface area (Å²) < 4.78 is 0. The number of unbranched alkanes of at least 4 members (excludes halogenated alkanes) is 2. The Morgan fingerprint density at radius 3 is 2.68 bits per heavy atom. The van der Waals surface area contributed by atoms with E-state index in [4.69, 9.17) is 5.73 Å². The molecule has 2 nitrogen and oxygen atoms in total. The lowest BCUT2D eigenvalue weighted by molar-refractivity contribution is 0.124. The second-order valence-electron chi connectivity index (χ2n) is 6.97. The Balaban J connectivity index is 1.70. The zero-order valence-corrected chi connectivity index (χ0v) is 12.9. The first-order valence-corrected chi connectivity index (χ1v) is 8.77. The molecule has 2 N–H and O–H groups in total. The van der Waals surface area contributed by atoms with Gasteiger partial charge in [-0.3, -0.25) is 0 Å². The molecule has 1 aliphatic heterocycles. The van der Waals surface area contributed by atoms with Gasteiger partial charge in [-0.15, -0.1) is 0 Å². The predicted octanol–water partition coefficient (Wildman–Crippen LogP) is 3.80. The van der Waals surface area contributed by atoms with Gasteiger partial charge in [-0.1, -0.05) is 39.0 Å². The summed E-state index contributed by atoms with van der Waals surface area (Å²) in [5, 5.41) is 0. The third kappa shape index (κ3) is 5.07. The van der Waals surface area contributed by atoms with Gasteiger partial charge in [-0.2, -0.15) is 0 Å². The number of likely N-dealkylation sites (tertiary alicyclic amines) is 1. The summed E-state index contributed by atoms with van der Waals surface area (Å²) in [6, 6.07) is 0.481. The van der Waals surface area contributed by atoms with E-state index in [-0.39, 0.29) is 0 Å². The highest BCUT2D eigenvalue weighted by Crippen LogP contribution is 2.27. The molecule has 0 aromatic heterocycles. The molecule has 0 amide bonds. The van der Waals surface area contributed by atoms with E-state index in [1.54, 1.807) is 0 Å². The molecule has 0 radical (unpaired) electrons. The van der Waals surface area contributed by atoms with Crippen LogP contribution < -0.4 is 5.73 Å². The minimum Gasteiger partial charge on any atom is -0.327 e. The molecule has 1 saturated heterocycles. The number of rotatable bonds is 6. The highest BCUT2D eigenvalue weighted by Gasteiger charge is 2.26. The van der Waals surface area contributed by atoms with Crippen molar-refractivity contribution in [3.8, 4) is 0 Å². The maximum Gasteiger partial charge on any atom is 0.00793 e. The second-order valence-corrected chi connectivity index (χ2v) is 6.97. The third-order valence-corrected chi connectivity index (χ3v) is 5.28. The molecule has 2 fully saturated rings. The first-order chi connectivity index (χ1) is 9.29. The Bertz CT molecular complexity index is 241. The monoisotopic (exact) mass is 266 g/mol. The summed E-state index contributed by atoms with van der Waals surface area (Å²) in [6.45, 7) is 6.27. The van der Waals surface area contributed by atoms with E-state index < -0.39 is 0 Å². The van der Waals surface area contributed by atoms with Crippen molar-refractivity contribution in [2.75, 3.05) is 19.6 Å². The lowest BCUT2D eigenvalue weighted by Crippen LogP contribution is -2.44.